The molecule has 1 aromatic rings. The number of rotatable bonds is 7. The molecule has 2 atom stereocenters. The van der Waals surface area contributed by atoms with Crippen molar-refractivity contribution in [2.24, 2.45) is 0 Å². The van der Waals surface area contributed by atoms with E-state index >= 15 is 0 Å². The molecule has 1 aromatic carbocycles. The number of alkyl halides is 3. The van der Waals surface area contributed by atoms with Gasteiger partial charge in [-0.3, -0.25) is 0 Å². The Morgan fingerprint density at radius 3 is 2.41 bits per heavy atom. The minimum Gasteiger partial charge on any atom is -0.475 e. The maximum Gasteiger partial charge on any atom is 0.511 e. The Labute approximate surface area is 196 Å². The molecular formula is C20H21ClF3NO9. The third-order valence-electron chi connectivity index (χ3n) is 4.31. The topological polar surface area (TPSA) is 123 Å². The molecule has 0 saturated carbocycles. The van der Waals surface area contributed by atoms with E-state index < -0.39 is 60.0 Å². The second-order valence-corrected chi connectivity index (χ2v) is 8.41. The van der Waals surface area contributed by atoms with Gasteiger partial charge in [0.25, 0.3) is 5.09 Å². The minimum absolute atomic E-state index is 0.113. The lowest BCUT2D eigenvalue weighted by Crippen LogP contribution is -2.41. The van der Waals surface area contributed by atoms with Crippen LogP contribution in [0.1, 0.15) is 38.8 Å². The molecule has 1 aliphatic heterocycles. The van der Waals surface area contributed by atoms with E-state index in [4.69, 9.17) is 21.1 Å². The van der Waals surface area contributed by atoms with Gasteiger partial charge in [-0.25, -0.2) is 9.59 Å². The fraction of sp³-hybridized carbons (Fsp3) is 0.500. The molecule has 34 heavy (non-hydrogen) atoms. The van der Waals surface area contributed by atoms with Gasteiger partial charge in [0.1, 0.15) is 19.0 Å². The Hall–Kier alpha value is -3.22. The number of hydrogen-bond donors (Lipinski definition) is 0. The van der Waals surface area contributed by atoms with Crippen molar-refractivity contribution < 1.29 is 51.6 Å². The second kappa shape index (κ2) is 10.4. The van der Waals surface area contributed by atoms with E-state index in [1.807, 2.05) is 20.8 Å². The monoisotopic (exact) mass is 511 g/mol. The van der Waals surface area contributed by atoms with Gasteiger partial charge in [0.15, 0.2) is 0 Å². The highest BCUT2D eigenvalue weighted by molar-refractivity contribution is 6.31. The van der Waals surface area contributed by atoms with E-state index in [1.165, 1.54) is 12.1 Å². The van der Waals surface area contributed by atoms with Gasteiger partial charge in [-0.05, 0) is 29.2 Å². The maximum absolute atomic E-state index is 13.7. The van der Waals surface area contributed by atoms with Gasteiger partial charge in [-0.2, -0.15) is 13.2 Å². The Balaban J connectivity index is 2.18. The van der Waals surface area contributed by atoms with E-state index in [2.05, 4.69) is 14.3 Å². The normalized spacial score (nSPS) is 16.4. The van der Waals surface area contributed by atoms with Crippen molar-refractivity contribution in [3.05, 3.63) is 44.0 Å². The van der Waals surface area contributed by atoms with Crippen molar-refractivity contribution in [3.8, 4) is 5.75 Å². The molecule has 0 N–H and O–H groups in total. The molecule has 0 fully saturated rings. The summed E-state index contributed by atoms with van der Waals surface area (Å²) in [6.45, 7) is 5.40. The molecule has 0 aromatic heterocycles. The van der Waals surface area contributed by atoms with E-state index in [1.54, 1.807) is 0 Å². The zero-order valence-corrected chi connectivity index (χ0v) is 19.2. The van der Waals surface area contributed by atoms with Crippen LogP contribution in [0.2, 0.25) is 5.02 Å². The largest absolute Gasteiger partial charge is 0.511 e. The molecule has 10 nitrogen and oxygen atoms in total. The zero-order valence-electron chi connectivity index (χ0n) is 18.4. The summed E-state index contributed by atoms with van der Waals surface area (Å²) in [6.07, 6.45) is -9.71. The zero-order chi connectivity index (χ0) is 25.8. The maximum atomic E-state index is 13.7. The average Bonchev–Trinajstić information content (AvgIpc) is 2.67. The predicted octanol–water partition coefficient (Wildman–Crippen LogP) is 4.59. The standard InChI is InChI=1S/C20H21ClF3NO9/c1-10(33-18(27)30-5-6-31-25(28)29)32-17(26)12-7-11-8-14(21)13(19(2,3)4)9-15(11)34-16(12)20(22,23)24/h7-10,16H,5-6H2,1-4H3/t10?,16-/m0/s1. The highest BCUT2D eigenvalue weighted by Crippen LogP contribution is 2.42. The van der Waals surface area contributed by atoms with Gasteiger partial charge in [-0.1, -0.05) is 32.4 Å². The number of nitrogens with zero attached hydrogens (tertiary/aromatic N) is 1. The van der Waals surface area contributed by atoms with Crippen molar-refractivity contribution in [2.75, 3.05) is 13.2 Å². The second-order valence-electron chi connectivity index (χ2n) is 8.01. The molecule has 0 aliphatic carbocycles. The molecule has 188 valence electrons. The molecule has 0 saturated heterocycles. The summed E-state index contributed by atoms with van der Waals surface area (Å²) >= 11 is 6.27. The van der Waals surface area contributed by atoms with Crippen LogP contribution < -0.4 is 4.74 Å². The summed E-state index contributed by atoms with van der Waals surface area (Å²) in [4.78, 5) is 37.9. The number of carbonyl (C=O) groups excluding carboxylic acids is 2. The fourth-order valence-electron chi connectivity index (χ4n) is 2.85. The highest BCUT2D eigenvalue weighted by Gasteiger charge is 2.49. The molecule has 1 heterocycles. The SMILES string of the molecule is CC(OC(=O)OCCO[N+](=O)[O-])OC(=O)C1=Cc2cc(Cl)c(C(C)(C)C)cc2O[C@@H]1C(F)(F)F. The van der Waals surface area contributed by atoms with Crippen LogP contribution in [0.25, 0.3) is 6.08 Å². The third-order valence-corrected chi connectivity index (χ3v) is 4.63. The summed E-state index contributed by atoms with van der Waals surface area (Å²) in [5.74, 6) is -1.57. The summed E-state index contributed by atoms with van der Waals surface area (Å²) in [5.41, 5.74) is -0.687. The van der Waals surface area contributed by atoms with Gasteiger partial charge in [0, 0.05) is 17.5 Å². The van der Waals surface area contributed by atoms with Crippen LogP contribution in [-0.2, 0) is 29.3 Å². The van der Waals surface area contributed by atoms with Crippen LogP contribution in [0, 0.1) is 10.1 Å². The number of benzene rings is 1. The molecule has 0 radical (unpaired) electrons. The minimum atomic E-state index is -4.97. The van der Waals surface area contributed by atoms with Gasteiger partial charge in [0.2, 0.25) is 12.4 Å². The van der Waals surface area contributed by atoms with Crippen LogP contribution in [0.3, 0.4) is 0 Å². The quantitative estimate of drug-likeness (QED) is 0.170. The Morgan fingerprint density at radius 1 is 1.21 bits per heavy atom. The smallest absolute Gasteiger partial charge is 0.475 e. The van der Waals surface area contributed by atoms with Crippen LogP contribution in [-0.4, -0.2) is 49.0 Å². The van der Waals surface area contributed by atoms with Gasteiger partial charge < -0.3 is 23.8 Å². The van der Waals surface area contributed by atoms with Crippen molar-refractivity contribution in [1.82, 2.24) is 0 Å². The first-order valence-electron chi connectivity index (χ1n) is 9.70. The summed E-state index contributed by atoms with van der Waals surface area (Å²) < 4.78 is 59.9. The van der Waals surface area contributed by atoms with Gasteiger partial charge >= 0.3 is 18.3 Å². The van der Waals surface area contributed by atoms with E-state index in [0.717, 1.165) is 13.0 Å². The van der Waals surface area contributed by atoms with Crippen LogP contribution >= 0.6 is 11.6 Å². The number of hydrogen-bond acceptors (Lipinski definition) is 9. The lowest BCUT2D eigenvalue weighted by atomic mass is 9.85. The molecule has 0 spiro atoms. The number of carbonyl (C=O) groups is 2. The van der Waals surface area contributed by atoms with Crippen molar-refractivity contribution in [2.45, 2.75) is 51.7 Å². The summed E-state index contributed by atoms with van der Waals surface area (Å²) in [6, 6.07) is 2.76. The lowest BCUT2D eigenvalue weighted by molar-refractivity contribution is -0.757. The Kier molecular flexibility index (Phi) is 8.24. The first-order chi connectivity index (χ1) is 15.6. The molecule has 1 aliphatic rings. The van der Waals surface area contributed by atoms with Crippen molar-refractivity contribution in [3.63, 3.8) is 0 Å². The molecule has 14 heteroatoms. The number of ether oxygens (including phenoxy) is 4. The number of fused-ring (bicyclic) bond motifs is 1. The Morgan fingerprint density at radius 2 is 1.85 bits per heavy atom. The summed E-state index contributed by atoms with van der Waals surface area (Å²) in [5, 5.41) is 9.16. The van der Waals surface area contributed by atoms with Crippen LogP contribution in [0.5, 0.6) is 5.75 Å². The van der Waals surface area contributed by atoms with E-state index in [9.17, 15) is 32.9 Å². The fourth-order valence-corrected chi connectivity index (χ4v) is 3.31. The average molecular weight is 512 g/mol. The highest BCUT2D eigenvalue weighted by atomic mass is 35.5. The Bertz CT molecular complexity index is 989. The van der Waals surface area contributed by atoms with Crippen LogP contribution in [0.4, 0.5) is 18.0 Å². The number of halogens is 4. The molecule has 2 rings (SSSR count). The first-order valence-corrected chi connectivity index (χ1v) is 10.1. The molecular weight excluding hydrogens is 491 g/mol. The predicted molar refractivity (Wildman–Crippen MR) is 110 cm³/mol. The van der Waals surface area contributed by atoms with Gasteiger partial charge in [0.05, 0.1) is 5.57 Å². The number of esters is 1. The molecule has 0 bridgehead atoms. The van der Waals surface area contributed by atoms with Gasteiger partial charge in [-0.15, -0.1) is 10.1 Å². The van der Waals surface area contributed by atoms with Crippen molar-refractivity contribution in [1.29, 1.82) is 0 Å². The molecule has 0 amide bonds. The van der Waals surface area contributed by atoms with E-state index in [-0.39, 0.29) is 16.3 Å². The lowest BCUT2D eigenvalue weighted by Gasteiger charge is -2.30. The summed E-state index contributed by atoms with van der Waals surface area (Å²) in [7, 11) is 0. The third kappa shape index (κ3) is 7.14. The first kappa shape index (κ1) is 27.0. The van der Waals surface area contributed by atoms with E-state index in [0.29, 0.717) is 5.56 Å². The van der Waals surface area contributed by atoms with Crippen LogP contribution in [0.15, 0.2) is 17.7 Å². The molecule has 1 unspecified atom stereocenters. The van der Waals surface area contributed by atoms with Crippen molar-refractivity contribution >= 4 is 29.8 Å².